The first-order valence-corrected chi connectivity index (χ1v) is 9.87. The minimum absolute atomic E-state index is 0.0528. The van der Waals surface area contributed by atoms with Gasteiger partial charge in [0.1, 0.15) is 0 Å². The van der Waals surface area contributed by atoms with Crippen molar-refractivity contribution in [1.82, 2.24) is 5.32 Å². The predicted octanol–water partition coefficient (Wildman–Crippen LogP) is 3.88. The van der Waals surface area contributed by atoms with Crippen molar-refractivity contribution in [3.05, 3.63) is 59.7 Å². The third-order valence-corrected chi connectivity index (χ3v) is 5.37. The third-order valence-electron chi connectivity index (χ3n) is 4.36. The summed E-state index contributed by atoms with van der Waals surface area (Å²) in [5, 5.41) is 14.7. The summed E-state index contributed by atoms with van der Waals surface area (Å²) in [4.78, 5) is 24.9. The molecule has 5 nitrogen and oxygen atoms in total. The molecule has 0 heterocycles. The molecule has 0 aliphatic heterocycles. The second-order valence-corrected chi connectivity index (χ2v) is 7.65. The maximum absolute atomic E-state index is 12.2. The summed E-state index contributed by atoms with van der Waals surface area (Å²) in [6.45, 7) is 1.93. The Balaban J connectivity index is 1.46. The Kier molecular flexibility index (Phi) is 6.15. The van der Waals surface area contributed by atoms with Crippen LogP contribution in [0, 0.1) is 17.2 Å². The van der Waals surface area contributed by atoms with Gasteiger partial charge >= 0.3 is 0 Å². The minimum atomic E-state index is -0.118. The fraction of sp³-hybridized carbons (Fsp3) is 0.286. The number of rotatable bonds is 7. The van der Waals surface area contributed by atoms with E-state index in [1.165, 1.54) is 11.8 Å². The molecule has 1 aliphatic rings. The lowest BCUT2D eigenvalue weighted by molar-refractivity contribution is -0.119. The van der Waals surface area contributed by atoms with E-state index in [0.29, 0.717) is 11.3 Å². The van der Waals surface area contributed by atoms with Gasteiger partial charge in [0.25, 0.3) is 0 Å². The highest BCUT2D eigenvalue weighted by Crippen LogP contribution is 2.30. The van der Waals surface area contributed by atoms with Crippen LogP contribution in [-0.4, -0.2) is 17.6 Å². The quantitative estimate of drug-likeness (QED) is 0.716. The third kappa shape index (κ3) is 5.60. The predicted molar refractivity (Wildman–Crippen MR) is 106 cm³/mol. The van der Waals surface area contributed by atoms with Crippen LogP contribution in [0.1, 0.15) is 36.9 Å². The van der Waals surface area contributed by atoms with E-state index in [4.69, 9.17) is 5.26 Å². The summed E-state index contributed by atoms with van der Waals surface area (Å²) in [6.07, 6.45) is 1.96. The van der Waals surface area contributed by atoms with Crippen LogP contribution in [0.2, 0.25) is 0 Å². The van der Waals surface area contributed by atoms with Crippen molar-refractivity contribution in [3.8, 4) is 6.07 Å². The number of carbonyl (C=O) groups is 2. The van der Waals surface area contributed by atoms with Crippen LogP contribution >= 0.6 is 11.8 Å². The summed E-state index contributed by atoms with van der Waals surface area (Å²) in [5.74, 6) is 0.523. The van der Waals surface area contributed by atoms with E-state index in [1.54, 1.807) is 12.1 Å². The lowest BCUT2D eigenvalue weighted by Crippen LogP contribution is -2.28. The molecule has 0 bridgehead atoms. The number of nitrogens with one attached hydrogen (secondary N) is 2. The molecule has 2 N–H and O–H groups in total. The molecule has 0 radical (unpaired) electrons. The van der Waals surface area contributed by atoms with Crippen LogP contribution in [0.5, 0.6) is 0 Å². The second kappa shape index (κ2) is 8.74. The number of nitrogens with zero attached hydrogens (tertiary/aromatic N) is 1. The topological polar surface area (TPSA) is 82.0 Å². The highest BCUT2D eigenvalue weighted by molar-refractivity contribution is 8.00. The molecule has 2 aromatic carbocycles. The van der Waals surface area contributed by atoms with Crippen molar-refractivity contribution < 1.29 is 9.59 Å². The molecular formula is C21H21N3O2S. The van der Waals surface area contributed by atoms with Crippen molar-refractivity contribution in [2.45, 2.75) is 30.7 Å². The fourth-order valence-corrected chi connectivity index (χ4v) is 3.30. The Hall–Kier alpha value is -2.78. The van der Waals surface area contributed by atoms with Crippen LogP contribution in [-0.2, 0) is 9.59 Å². The molecule has 138 valence electrons. The highest BCUT2D eigenvalue weighted by atomic mass is 32.2. The first kappa shape index (κ1) is 19.0. The molecule has 27 heavy (non-hydrogen) atoms. The molecule has 3 rings (SSSR count). The van der Waals surface area contributed by atoms with Gasteiger partial charge in [0.15, 0.2) is 0 Å². The van der Waals surface area contributed by atoms with Gasteiger partial charge in [-0.1, -0.05) is 12.1 Å². The van der Waals surface area contributed by atoms with Crippen LogP contribution in [0.3, 0.4) is 0 Å². The molecule has 0 spiro atoms. The van der Waals surface area contributed by atoms with Crippen LogP contribution in [0.25, 0.3) is 0 Å². The number of amides is 2. The number of hydrogen-bond acceptors (Lipinski definition) is 4. The average Bonchev–Trinajstić information content (AvgIpc) is 3.52. The minimum Gasteiger partial charge on any atom is -0.349 e. The standard InChI is InChI=1S/C21H21N3O2S/c1-14(16-6-8-18(9-7-16)24-21(26)17-4-5-17)23-20(25)13-27-19-10-2-15(12-22)3-11-19/h2-3,6-11,14,17H,4-5,13H2,1H3,(H,23,25)(H,24,26). The molecule has 2 amide bonds. The summed E-state index contributed by atoms with van der Waals surface area (Å²) < 4.78 is 0. The van der Waals surface area contributed by atoms with E-state index < -0.39 is 0 Å². The number of carbonyl (C=O) groups excluding carboxylic acids is 2. The van der Waals surface area contributed by atoms with Gasteiger partial charge in [-0.2, -0.15) is 5.26 Å². The Morgan fingerprint density at radius 2 is 1.81 bits per heavy atom. The Labute approximate surface area is 163 Å². The van der Waals surface area contributed by atoms with Gasteiger partial charge in [-0.15, -0.1) is 11.8 Å². The molecular weight excluding hydrogens is 358 g/mol. The molecule has 1 fully saturated rings. The first-order valence-electron chi connectivity index (χ1n) is 8.88. The SMILES string of the molecule is CC(NC(=O)CSc1ccc(C#N)cc1)c1ccc(NC(=O)C2CC2)cc1. The molecule has 0 saturated heterocycles. The first-order chi connectivity index (χ1) is 13.0. The van der Waals surface area contributed by atoms with Crippen LogP contribution in [0.4, 0.5) is 5.69 Å². The number of benzene rings is 2. The highest BCUT2D eigenvalue weighted by Gasteiger charge is 2.29. The van der Waals surface area contributed by atoms with Crippen molar-refractivity contribution in [3.63, 3.8) is 0 Å². The maximum atomic E-state index is 12.2. The van der Waals surface area contributed by atoms with Gasteiger partial charge in [-0.25, -0.2) is 0 Å². The Morgan fingerprint density at radius 3 is 2.41 bits per heavy atom. The van der Waals surface area contributed by atoms with Crippen molar-refractivity contribution in [1.29, 1.82) is 5.26 Å². The molecule has 1 saturated carbocycles. The van der Waals surface area contributed by atoms with Gasteiger partial charge in [0, 0.05) is 16.5 Å². The van der Waals surface area contributed by atoms with Gasteiger partial charge < -0.3 is 10.6 Å². The van der Waals surface area contributed by atoms with Crippen LogP contribution in [0.15, 0.2) is 53.4 Å². The summed E-state index contributed by atoms with van der Waals surface area (Å²) in [7, 11) is 0. The molecule has 0 aromatic heterocycles. The van der Waals surface area contributed by atoms with Crippen LogP contribution < -0.4 is 10.6 Å². The van der Waals surface area contributed by atoms with E-state index in [-0.39, 0.29) is 23.8 Å². The molecule has 1 unspecified atom stereocenters. The smallest absolute Gasteiger partial charge is 0.230 e. The monoisotopic (exact) mass is 379 g/mol. The lowest BCUT2D eigenvalue weighted by Gasteiger charge is -2.15. The summed E-state index contributed by atoms with van der Waals surface area (Å²) in [6, 6.07) is 16.7. The molecule has 1 atom stereocenters. The number of hydrogen-bond donors (Lipinski definition) is 2. The van der Waals surface area contributed by atoms with Gasteiger partial charge in [-0.3, -0.25) is 9.59 Å². The molecule has 6 heteroatoms. The number of thioether (sulfide) groups is 1. The van der Waals surface area contributed by atoms with E-state index in [0.717, 1.165) is 29.0 Å². The Morgan fingerprint density at radius 1 is 1.15 bits per heavy atom. The number of anilines is 1. The zero-order valence-corrected chi connectivity index (χ0v) is 15.9. The van der Waals surface area contributed by atoms with Gasteiger partial charge in [0.2, 0.25) is 11.8 Å². The molecule has 1 aliphatic carbocycles. The van der Waals surface area contributed by atoms with E-state index in [9.17, 15) is 9.59 Å². The zero-order valence-electron chi connectivity index (χ0n) is 15.1. The normalized spacial score (nSPS) is 14.1. The van der Waals surface area contributed by atoms with Gasteiger partial charge in [-0.05, 0) is 61.7 Å². The van der Waals surface area contributed by atoms with Gasteiger partial charge in [0.05, 0.1) is 23.4 Å². The lowest BCUT2D eigenvalue weighted by atomic mass is 10.1. The van der Waals surface area contributed by atoms with Crippen molar-refractivity contribution >= 4 is 29.3 Å². The summed E-state index contributed by atoms with van der Waals surface area (Å²) in [5.41, 5.74) is 2.37. The van der Waals surface area contributed by atoms with Crippen molar-refractivity contribution in [2.24, 2.45) is 5.92 Å². The van der Waals surface area contributed by atoms with Crippen molar-refractivity contribution in [2.75, 3.05) is 11.1 Å². The summed E-state index contributed by atoms with van der Waals surface area (Å²) >= 11 is 1.43. The zero-order chi connectivity index (χ0) is 19.2. The largest absolute Gasteiger partial charge is 0.349 e. The van der Waals surface area contributed by atoms with E-state index in [1.807, 2.05) is 43.3 Å². The Bertz CT molecular complexity index is 852. The number of nitriles is 1. The average molecular weight is 379 g/mol. The maximum Gasteiger partial charge on any atom is 0.230 e. The van der Waals surface area contributed by atoms with E-state index in [2.05, 4.69) is 16.7 Å². The fourth-order valence-electron chi connectivity index (χ4n) is 2.59. The molecule has 2 aromatic rings. The van der Waals surface area contributed by atoms with E-state index >= 15 is 0 Å². The second-order valence-electron chi connectivity index (χ2n) is 6.60.